The first-order valence-corrected chi connectivity index (χ1v) is 7.70. The first kappa shape index (κ1) is 17.8. The molecule has 0 unspecified atom stereocenters. The van der Waals surface area contributed by atoms with Gasteiger partial charge in [-0.3, -0.25) is 4.79 Å². The van der Waals surface area contributed by atoms with Crippen LogP contribution in [0.1, 0.15) is 16.7 Å². The van der Waals surface area contributed by atoms with Gasteiger partial charge in [-0.15, -0.1) is 6.42 Å². The minimum absolute atomic E-state index is 0.0252. The van der Waals surface area contributed by atoms with Crippen molar-refractivity contribution in [2.24, 2.45) is 0 Å². The van der Waals surface area contributed by atoms with Crippen LogP contribution in [0.15, 0.2) is 48.0 Å². The lowest BCUT2D eigenvalue weighted by molar-refractivity contribution is -0.112. The molecule has 4 heteroatoms. The van der Waals surface area contributed by atoms with Crippen LogP contribution in [-0.4, -0.2) is 12.5 Å². The summed E-state index contributed by atoms with van der Waals surface area (Å²) in [6.07, 6.45) is 6.67. The Balaban J connectivity index is 2.15. The number of benzene rings is 2. The predicted molar refractivity (Wildman–Crippen MR) is 98.9 cm³/mol. The van der Waals surface area contributed by atoms with Crippen LogP contribution in [0.2, 0.25) is 0 Å². The molecule has 0 atom stereocenters. The second-order valence-electron chi connectivity index (χ2n) is 5.50. The monoisotopic (exact) mass is 330 g/mol. The average molecular weight is 330 g/mol. The van der Waals surface area contributed by atoms with Crippen LogP contribution in [-0.2, 0) is 4.79 Å². The molecular weight excluding hydrogens is 312 g/mol. The van der Waals surface area contributed by atoms with E-state index in [4.69, 9.17) is 11.2 Å². The molecule has 2 aromatic rings. The van der Waals surface area contributed by atoms with E-state index in [0.29, 0.717) is 11.4 Å². The van der Waals surface area contributed by atoms with Crippen molar-refractivity contribution < 1.29 is 9.53 Å². The molecule has 0 aliphatic heterocycles. The summed E-state index contributed by atoms with van der Waals surface area (Å²) in [5.41, 5.74) is 3.49. The van der Waals surface area contributed by atoms with Gasteiger partial charge in [0, 0.05) is 5.69 Å². The molecule has 124 valence electrons. The number of amides is 1. The van der Waals surface area contributed by atoms with E-state index in [1.165, 1.54) is 6.08 Å². The highest BCUT2D eigenvalue weighted by Gasteiger charge is 2.11. The maximum atomic E-state index is 12.3. The summed E-state index contributed by atoms with van der Waals surface area (Å²) in [6.45, 7) is 4.08. The van der Waals surface area contributed by atoms with Crippen LogP contribution >= 0.6 is 0 Å². The van der Waals surface area contributed by atoms with Crippen molar-refractivity contribution in [2.75, 3.05) is 11.9 Å². The molecule has 0 saturated carbocycles. The van der Waals surface area contributed by atoms with Crippen molar-refractivity contribution in [3.05, 3.63) is 64.7 Å². The van der Waals surface area contributed by atoms with E-state index in [-0.39, 0.29) is 12.2 Å². The van der Waals surface area contributed by atoms with Gasteiger partial charge in [0.15, 0.2) is 0 Å². The van der Waals surface area contributed by atoms with Gasteiger partial charge in [0.05, 0.1) is 0 Å². The van der Waals surface area contributed by atoms with Gasteiger partial charge in [-0.2, -0.15) is 5.26 Å². The van der Waals surface area contributed by atoms with Crippen LogP contribution in [0, 0.1) is 37.5 Å². The van der Waals surface area contributed by atoms with E-state index in [1.54, 1.807) is 24.3 Å². The molecule has 1 amide bonds. The SMILES string of the molecule is C#CCOc1ccc(C=C(C#N)C(=O)Nc2ccc(C)cc2C)cc1. The summed E-state index contributed by atoms with van der Waals surface area (Å²) < 4.78 is 5.29. The number of carbonyl (C=O) groups is 1. The lowest BCUT2D eigenvalue weighted by Crippen LogP contribution is -2.14. The molecule has 0 aliphatic carbocycles. The lowest BCUT2D eigenvalue weighted by Gasteiger charge is -2.08. The van der Waals surface area contributed by atoms with E-state index in [9.17, 15) is 10.1 Å². The zero-order valence-electron chi connectivity index (χ0n) is 14.2. The number of hydrogen-bond donors (Lipinski definition) is 1. The van der Waals surface area contributed by atoms with Crippen molar-refractivity contribution in [3.63, 3.8) is 0 Å². The second kappa shape index (κ2) is 8.38. The van der Waals surface area contributed by atoms with Crippen LogP contribution in [0.25, 0.3) is 6.08 Å². The van der Waals surface area contributed by atoms with Crippen molar-refractivity contribution in [1.82, 2.24) is 0 Å². The molecule has 25 heavy (non-hydrogen) atoms. The van der Waals surface area contributed by atoms with Crippen LogP contribution in [0.4, 0.5) is 5.69 Å². The van der Waals surface area contributed by atoms with Gasteiger partial charge in [-0.25, -0.2) is 0 Å². The normalized spacial score (nSPS) is 10.5. The Bertz CT molecular complexity index is 882. The van der Waals surface area contributed by atoms with E-state index < -0.39 is 5.91 Å². The van der Waals surface area contributed by atoms with Gasteiger partial charge in [-0.1, -0.05) is 35.7 Å². The number of rotatable bonds is 5. The van der Waals surface area contributed by atoms with E-state index in [2.05, 4.69) is 11.2 Å². The smallest absolute Gasteiger partial charge is 0.266 e. The fourth-order valence-corrected chi connectivity index (χ4v) is 2.24. The molecule has 1 N–H and O–H groups in total. The van der Waals surface area contributed by atoms with Crippen LogP contribution in [0.5, 0.6) is 5.75 Å². The average Bonchev–Trinajstić information content (AvgIpc) is 2.61. The van der Waals surface area contributed by atoms with Gasteiger partial charge in [0.25, 0.3) is 5.91 Å². The molecule has 0 radical (unpaired) electrons. The number of anilines is 1. The standard InChI is InChI=1S/C21H18N2O2/c1-4-11-25-19-8-6-17(7-9-19)13-18(14-22)21(24)23-20-10-5-15(2)12-16(20)3/h1,5-10,12-13H,11H2,2-3H3,(H,23,24). The van der Waals surface area contributed by atoms with Crippen molar-refractivity contribution in [1.29, 1.82) is 5.26 Å². The number of nitriles is 1. The number of nitrogens with one attached hydrogen (secondary N) is 1. The maximum absolute atomic E-state index is 12.3. The van der Waals surface area contributed by atoms with E-state index in [0.717, 1.165) is 16.7 Å². The van der Waals surface area contributed by atoms with Gasteiger partial charge in [0.2, 0.25) is 0 Å². The van der Waals surface area contributed by atoms with E-state index in [1.807, 2.05) is 38.1 Å². The Morgan fingerprint density at radius 1 is 1.24 bits per heavy atom. The van der Waals surface area contributed by atoms with Gasteiger partial charge in [-0.05, 0) is 49.2 Å². The van der Waals surface area contributed by atoms with Gasteiger partial charge >= 0.3 is 0 Å². The summed E-state index contributed by atoms with van der Waals surface area (Å²) in [7, 11) is 0. The fraction of sp³-hybridized carbons (Fsp3) is 0.143. The van der Waals surface area contributed by atoms with E-state index >= 15 is 0 Å². The molecule has 4 nitrogen and oxygen atoms in total. The summed E-state index contributed by atoms with van der Waals surface area (Å²) in [4.78, 5) is 12.3. The summed E-state index contributed by atoms with van der Waals surface area (Å²) >= 11 is 0. The summed E-state index contributed by atoms with van der Waals surface area (Å²) in [5, 5.41) is 12.1. The number of aryl methyl sites for hydroxylation is 2. The fourth-order valence-electron chi connectivity index (χ4n) is 2.24. The first-order valence-electron chi connectivity index (χ1n) is 7.70. The molecule has 0 fully saturated rings. The molecular formula is C21H18N2O2. The second-order valence-corrected chi connectivity index (χ2v) is 5.50. The zero-order chi connectivity index (χ0) is 18.2. The molecule has 0 heterocycles. The van der Waals surface area contributed by atoms with Gasteiger partial charge < -0.3 is 10.1 Å². The Morgan fingerprint density at radius 2 is 1.96 bits per heavy atom. The highest BCUT2D eigenvalue weighted by Crippen LogP contribution is 2.18. The summed E-state index contributed by atoms with van der Waals surface area (Å²) in [5.74, 6) is 2.58. The Labute approximate surface area is 147 Å². The highest BCUT2D eigenvalue weighted by atomic mass is 16.5. The molecule has 0 bridgehead atoms. The topological polar surface area (TPSA) is 62.1 Å². The van der Waals surface area contributed by atoms with Crippen molar-refractivity contribution in [3.8, 4) is 24.2 Å². The minimum Gasteiger partial charge on any atom is -0.481 e. The van der Waals surface area contributed by atoms with Crippen LogP contribution in [0.3, 0.4) is 0 Å². The number of terminal acetylenes is 1. The molecule has 2 aromatic carbocycles. The largest absolute Gasteiger partial charge is 0.481 e. The number of hydrogen-bond acceptors (Lipinski definition) is 3. The van der Waals surface area contributed by atoms with Crippen molar-refractivity contribution in [2.45, 2.75) is 13.8 Å². The zero-order valence-corrected chi connectivity index (χ0v) is 14.2. The van der Waals surface area contributed by atoms with Crippen LogP contribution < -0.4 is 10.1 Å². The summed E-state index contributed by atoms with van der Waals surface area (Å²) in [6, 6.07) is 14.6. The molecule has 0 saturated heterocycles. The highest BCUT2D eigenvalue weighted by molar-refractivity contribution is 6.09. The third-order valence-electron chi connectivity index (χ3n) is 3.51. The number of nitrogens with zero attached hydrogens (tertiary/aromatic N) is 1. The molecule has 0 aliphatic rings. The minimum atomic E-state index is -0.442. The number of ether oxygens (including phenoxy) is 1. The Hall–Kier alpha value is -3.50. The third kappa shape index (κ3) is 4.99. The molecule has 0 aromatic heterocycles. The Morgan fingerprint density at radius 3 is 2.56 bits per heavy atom. The first-order chi connectivity index (χ1) is 12.0. The lowest BCUT2D eigenvalue weighted by atomic mass is 10.1. The molecule has 0 spiro atoms. The quantitative estimate of drug-likeness (QED) is 0.514. The van der Waals surface area contributed by atoms with Gasteiger partial charge in [0.1, 0.15) is 24.0 Å². The Kier molecular flexibility index (Phi) is 5.98. The maximum Gasteiger partial charge on any atom is 0.266 e. The number of carbonyl (C=O) groups excluding carboxylic acids is 1. The molecule has 2 rings (SSSR count). The third-order valence-corrected chi connectivity index (χ3v) is 3.51. The van der Waals surface area contributed by atoms with Crippen molar-refractivity contribution >= 4 is 17.7 Å². The predicted octanol–water partition coefficient (Wildman–Crippen LogP) is 3.86.